The Balaban J connectivity index is 2.41. The minimum atomic E-state index is -1.03. The van der Waals surface area contributed by atoms with Crippen LogP contribution in [0.3, 0.4) is 0 Å². The second-order valence-electron chi connectivity index (χ2n) is 3.30. The maximum absolute atomic E-state index is 13.1. The van der Waals surface area contributed by atoms with Crippen LogP contribution in [0.25, 0.3) is 11.5 Å². The van der Waals surface area contributed by atoms with E-state index in [1.807, 2.05) is 0 Å². The van der Waals surface area contributed by atoms with Gasteiger partial charge in [0.05, 0.1) is 5.56 Å². The van der Waals surface area contributed by atoms with E-state index < -0.39 is 11.6 Å². The van der Waals surface area contributed by atoms with Gasteiger partial charge in [0.25, 0.3) is 5.89 Å². The summed E-state index contributed by atoms with van der Waals surface area (Å²) < 4.78 is 35.6. The van der Waals surface area contributed by atoms with E-state index in [-0.39, 0.29) is 23.7 Å². The van der Waals surface area contributed by atoms with Gasteiger partial charge in [-0.25, -0.2) is 8.78 Å². The molecule has 0 saturated heterocycles. The SMILES string of the molecule is COCc1noc(-c2cc(F)c(F)cc2N)n1. The molecule has 2 N–H and O–H groups in total. The van der Waals surface area contributed by atoms with Crippen molar-refractivity contribution in [2.24, 2.45) is 0 Å². The third kappa shape index (κ3) is 2.23. The van der Waals surface area contributed by atoms with Gasteiger partial charge in [0.15, 0.2) is 17.5 Å². The Morgan fingerprint density at radius 3 is 2.76 bits per heavy atom. The van der Waals surface area contributed by atoms with Gasteiger partial charge in [-0.3, -0.25) is 0 Å². The standard InChI is InChI=1S/C10H9F2N3O2/c1-16-4-9-14-10(17-15-9)5-2-6(11)7(12)3-8(5)13/h2-3H,4,13H2,1H3. The lowest BCUT2D eigenvalue weighted by molar-refractivity contribution is 0.174. The average Bonchev–Trinajstić information content (AvgIpc) is 2.72. The third-order valence-electron chi connectivity index (χ3n) is 2.06. The molecule has 17 heavy (non-hydrogen) atoms. The Hall–Kier alpha value is -2.02. The Kier molecular flexibility index (Phi) is 3.01. The summed E-state index contributed by atoms with van der Waals surface area (Å²) in [6, 6.07) is 1.78. The Labute approximate surface area is 95.2 Å². The summed E-state index contributed by atoms with van der Waals surface area (Å²) >= 11 is 0. The monoisotopic (exact) mass is 241 g/mol. The van der Waals surface area contributed by atoms with Crippen LogP contribution in [0, 0.1) is 11.6 Å². The molecule has 0 aliphatic carbocycles. The molecule has 2 aromatic rings. The van der Waals surface area contributed by atoms with Crippen LogP contribution in [0.2, 0.25) is 0 Å². The van der Waals surface area contributed by atoms with Gasteiger partial charge in [-0.05, 0) is 6.07 Å². The largest absolute Gasteiger partial charge is 0.398 e. The predicted octanol–water partition coefficient (Wildman–Crippen LogP) is 1.74. The molecule has 0 unspecified atom stereocenters. The van der Waals surface area contributed by atoms with Crippen molar-refractivity contribution in [2.75, 3.05) is 12.8 Å². The first-order chi connectivity index (χ1) is 8.11. The van der Waals surface area contributed by atoms with E-state index in [2.05, 4.69) is 10.1 Å². The van der Waals surface area contributed by atoms with Gasteiger partial charge in [0.2, 0.25) is 0 Å². The molecule has 5 nitrogen and oxygen atoms in total. The summed E-state index contributed by atoms with van der Waals surface area (Å²) in [5.74, 6) is -1.73. The quantitative estimate of drug-likeness (QED) is 0.828. The highest BCUT2D eigenvalue weighted by Gasteiger charge is 2.15. The van der Waals surface area contributed by atoms with Crippen molar-refractivity contribution < 1.29 is 18.0 Å². The zero-order valence-corrected chi connectivity index (χ0v) is 8.91. The van der Waals surface area contributed by atoms with E-state index in [0.717, 1.165) is 12.1 Å². The molecule has 0 atom stereocenters. The van der Waals surface area contributed by atoms with Crippen LogP contribution < -0.4 is 5.73 Å². The number of nitrogen functional groups attached to an aromatic ring is 1. The lowest BCUT2D eigenvalue weighted by atomic mass is 10.1. The lowest BCUT2D eigenvalue weighted by Gasteiger charge is -2.01. The molecular weight excluding hydrogens is 232 g/mol. The molecule has 0 amide bonds. The van der Waals surface area contributed by atoms with E-state index in [0.29, 0.717) is 5.82 Å². The van der Waals surface area contributed by atoms with Crippen molar-refractivity contribution in [3.63, 3.8) is 0 Å². The molecule has 1 heterocycles. The van der Waals surface area contributed by atoms with E-state index >= 15 is 0 Å². The normalized spacial score (nSPS) is 10.8. The van der Waals surface area contributed by atoms with Crippen LogP contribution in [0.15, 0.2) is 16.7 Å². The van der Waals surface area contributed by atoms with Gasteiger partial charge in [-0.1, -0.05) is 5.16 Å². The molecule has 0 aliphatic rings. The molecule has 90 valence electrons. The highest BCUT2D eigenvalue weighted by atomic mass is 19.2. The average molecular weight is 241 g/mol. The molecule has 0 spiro atoms. The van der Waals surface area contributed by atoms with Gasteiger partial charge >= 0.3 is 0 Å². The number of ether oxygens (including phenoxy) is 1. The number of methoxy groups -OCH3 is 1. The van der Waals surface area contributed by atoms with Crippen LogP contribution in [-0.4, -0.2) is 17.3 Å². The number of nitrogens with two attached hydrogens (primary N) is 1. The van der Waals surface area contributed by atoms with E-state index in [1.54, 1.807) is 0 Å². The molecule has 0 fully saturated rings. The van der Waals surface area contributed by atoms with E-state index in [4.69, 9.17) is 15.0 Å². The number of hydrogen-bond acceptors (Lipinski definition) is 5. The second-order valence-corrected chi connectivity index (χ2v) is 3.30. The van der Waals surface area contributed by atoms with Gasteiger partial charge in [-0.2, -0.15) is 4.98 Å². The van der Waals surface area contributed by atoms with Crippen molar-refractivity contribution in [2.45, 2.75) is 6.61 Å². The van der Waals surface area contributed by atoms with Gasteiger partial charge in [0.1, 0.15) is 6.61 Å². The zero-order valence-electron chi connectivity index (χ0n) is 8.91. The Morgan fingerprint density at radius 1 is 1.35 bits per heavy atom. The lowest BCUT2D eigenvalue weighted by Crippen LogP contribution is -1.95. The van der Waals surface area contributed by atoms with Crippen molar-refractivity contribution >= 4 is 5.69 Å². The maximum atomic E-state index is 13.1. The number of aromatic nitrogens is 2. The summed E-state index contributed by atoms with van der Waals surface area (Å²) in [6.45, 7) is 0.160. The molecule has 2 rings (SSSR count). The summed E-state index contributed by atoms with van der Waals surface area (Å²) in [6.07, 6.45) is 0. The third-order valence-corrected chi connectivity index (χ3v) is 2.06. The smallest absolute Gasteiger partial charge is 0.260 e. The van der Waals surface area contributed by atoms with Crippen LogP contribution in [0.1, 0.15) is 5.82 Å². The van der Waals surface area contributed by atoms with Crippen LogP contribution in [-0.2, 0) is 11.3 Å². The van der Waals surface area contributed by atoms with E-state index in [1.165, 1.54) is 7.11 Å². The van der Waals surface area contributed by atoms with Crippen molar-refractivity contribution in [3.05, 3.63) is 29.6 Å². The first-order valence-electron chi connectivity index (χ1n) is 4.68. The fourth-order valence-corrected chi connectivity index (χ4v) is 1.30. The summed E-state index contributed by atoms with van der Waals surface area (Å²) in [4.78, 5) is 3.93. The first-order valence-corrected chi connectivity index (χ1v) is 4.68. The molecule has 7 heteroatoms. The molecule has 0 saturated carbocycles. The Morgan fingerprint density at radius 2 is 2.06 bits per heavy atom. The second kappa shape index (κ2) is 4.46. The Bertz CT molecular complexity index is 542. The minimum Gasteiger partial charge on any atom is -0.398 e. The van der Waals surface area contributed by atoms with Crippen molar-refractivity contribution in [1.29, 1.82) is 0 Å². The highest BCUT2D eigenvalue weighted by Crippen LogP contribution is 2.26. The van der Waals surface area contributed by atoms with Crippen LogP contribution >= 0.6 is 0 Å². The first kappa shape index (κ1) is 11.5. The molecule has 1 aromatic heterocycles. The summed E-state index contributed by atoms with van der Waals surface area (Å²) in [7, 11) is 1.47. The number of nitrogens with zero attached hydrogens (tertiary/aromatic N) is 2. The van der Waals surface area contributed by atoms with Gasteiger partial charge in [-0.15, -0.1) is 0 Å². The van der Waals surface area contributed by atoms with Crippen molar-refractivity contribution in [3.8, 4) is 11.5 Å². The number of hydrogen-bond donors (Lipinski definition) is 1. The number of anilines is 1. The molecule has 1 aromatic carbocycles. The fourth-order valence-electron chi connectivity index (χ4n) is 1.30. The zero-order chi connectivity index (χ0) is 12.4. The van der Waals surface area contributed by atoms with Crippen LogP contribution in [0.5, 0.6) is 0 Å². The number of halogens is 2. The predicted molar refractivity (Wildman–Crippen MR) is 54.8 cm³/mol. The number of benzene rings is 1. The molecular formula is C10H9F2N3O2. The van der Waals surface area contributed by atoms with Crippen molar-refractivity contribution in [1.82, 2.24) is 10.1 Å². The molecule has 0 radical (unpaired) electrons. The van der Waals surface area contributed by atoms with Gasteiger partial charge < -0.3 is 15.0 Å². The fraction of sp³-hybridized carbons (Fsp3) is 0.200. The maximum Gasteiger partial charge on any atom is 0.260 e. The summed E-state index contributed by atoms with van der Waals surface area (Å²) in [5, 5.41) is 3.59. The number of rotatable bonds is 3. The van der Waals surface area contributed by atoms with Gasteiger partial charge in [0, 0.05) is 18.9 Å². The topological polar surface area (TPSA) is 74.2 Å². The minimum absolute atomic E-state index is 0.0217. The van der Waals surface area contributed by atoms with E-state index in [9.17, 15) is 8.78 Å². The molecule has 0 bridgehead atoms. The molecule has 0 aliphatic heterocycles. The summed E-state index contributed by atoms with van der Waals surface area (Å²) in [5.41, 5.74) is 5.72. The van der Waals surface area contributed by atoms with Crippen LogP contribution in [0.4, 0.5) is 14.5 Å². The highest BCUT2D eigenvalue weighted by molar-refractivity contribution is 5.70.